The van der Waals surface area contributed by atoms with E-state index in [1.54, 1.807) is 7.11 Å². The summed E-state index contributed by atoms with van der Waals surface area (Å²) in [6.07, 6.45) is 2.49. The highest BCUT2D eigenvalue weighted by Gasteiger charge is 2.21. The first-order valence-electron chi connectivity index (χ1n) is 6.20. The van der Waals surface area contributed by atoms with Crippen molar-refractivity contribution in [2.75, 3.05) is 26.7 Å². The summed E-state index contributed by atoms with van der Waals surface area (Å²) in [6.45, 7) is 3.01. The molecule has 1 heterocycles. The van der Waals surface area contributed by atoms with Gasteiger partial charge in [0, 0.05) is 16.6 Å². The number of hydrogen-bond acceptors (Lipinski definition) is 3. The zero-order valence-electron chi connectivity index (χ0n) is 10.5. The first-order chi connectivity index (χ1) is 8.74. The maximum atomic E-state index is 9.40. The van der Waals surface area contributed by atoms with Crippen LogP contribution in [0.15, 0.2) is 22.7 Å². The molecule has 2 rings (SSSR count). The molecule has 3 nitrogen and oxygen atoms in total. The number of likely N-dealkylation sites (tertiary alicyclic amines) is 1. The number of methoxy groups -OCH3 is 1. The highest BCUT2D eigenvalue weighted by Crippen LogP contribution is 2.30. The van der Waals surface area contributed by atoms with E-state index >= 15 is 0 Å². The second kappa shape index (κ2) is 6.21. The van der Waals surface area contributed by atoms with Crippen molar-refractivity contribution >= 4 is 15.9 Å². The molecule has 0 saturated carbocycles. The highest BCUT2D eigenvalue weighted by molar-refractivity contribution is 9.10. The monoisotopic (exact) mass is 308 g/mol. The van der Waals surface area contributed by atoms with Gasteiger partial charge in [-0.25, -0.2) is 0 Å². The van der Waals surface area contributed by atoms with Crippen molar-refractivity contribution in [1.82, 2.24) is 4.90 Å². The zero-order valence-corrected chi connectivity index (χ0v) is 12.1. The Balaban J connectivity index is 2.20. The lowest BCUT2D eigenvalue weighted by Gasteiger charge is -2.20. The lowest BCUT2D eigenvalue weighted by atomic mass is 9.99. The largest absolute Gasteiger partial charge is 0.496 e. The van der Waals surface area contributed by atoms with Gasteiger partial charge in [-0.3, -0.25) is 0 Å². The molecular weight excluding hydrogens is 292 g/mol. The predicted octanol–water partition coefficient (Wildman–Crippen LogP) is 3.16. The van der Waals surface area contributed by atoms with Gasteiger partial charge in [0.1, 0.15) is 5.75 Å². The van der Waals surface area contributed by atoms with Crippen molar-refractivity contribution in [2.24, 2.45) is 0 Å². The van der Waals surface area contributed by atoms with E-state index in [-0.39, 0.29) is 5.92 Å². The van der Waals surface area contributed by atoms with E-state index < -0.39 is 0 Å². The molecule has 0 bridgehead atoms. The summed E-state index contributed by atoms with van der Waals surface area (Å²) < 4.78 is 6.34. The van der Waals surface area contributed by atoms with Gasteiger partial charge in [0.15, 0.2) is 0 Å². The second-order valence-electron chi connectivity index (χ2n) is 4.58. The lowest BCUT2D eigenvalue weighted by molar-refractivity contribution is 0.327. The summed E-state index contributed by atoms with van der Waals surface area (Å²) in [5.41, 5.74) is 0.973. The number of hydrogen-bond donors (Lipinski definition) is 0. The van der Waals surface area contributed by atoms with Gasteiger partial charge in [0.25, 0.3) is 0 Å². The smallest absolute Gasteiger partial charge is 0.123 e. The van der Waals surface area contributed by atoms with Gasteiger partial charge in [-0.2, -0.15) is 5.26 Å². The number of nitriles is 1. The molecule has 1 aliphatic rings. The molecule has 1 atom stereocenters. The average Bonchev–Trinajstić information content (AvgIpc) is 2.88. The van der Waals surface area contributed by atoms with Crippen LogP contribution in [0.3, 0.4) is 0 Å². The molecule has 18 heavy (non-hydrogen) atoms. The molecule has 1 aromatic rings. The fourth-order valence-electron chi connectivity index (χ4n) is 2.41. The van der Waals surface area contributed by atoms with Crippen LogP contribution >= 0.6 is 15.9 Å². The summed E-state index contributed by atoms with van der Waals surface area (Å²) in [7, 11) is 1.65. The second-order valence-corrected chi connectivity index (χ2v) is 5.49. The minimum Gasteiger partial charge on any atom is -0.496 e. The van der Waals surface area contributed by atoms with Crippen LogP contribution in [-0.4, -0.2) is 31.6 Å². The molecule has 0 N–H and O–H groups in total. The Morgan fingerprint density at radius 1 is 1.44 bits per heavy atom. The maximum absolute atomic E-state index is 9.40. The quantitative estimate of drug-likeness (QED) is 0.857. The normalized spacial score (nSPS) is 17.4. The number of benzene rings is 1. The molecular formula is C14H17BrN2O. The average molecular weight is 309 g/mol. The van der Waals surface area contributed by atoms with E-state index in [1.165, 1.54) is 12.8 Å². The van der Waals surface area contributed by atoms with Crippen molar-refractivity contribution in [1.29, 1.82) is 5.26 Å². The minimum absolute atomic E-state index is 0.129. The van der Waals surface area contributed by atoms with Crippen LogP contribution in [0.4, 0.5) is 0 Å². The highest BCUT2D eigenvalue weighted by atomic mass is 79.9. The Bertz CT molecular complexity index is 450. The zero-order chi connectivity index (χ0) is 13.0. The third kappa shape index (κ3) is 3.04. The van der Waals surface area contributed by atoms with Crippen molar-refractivity contribution in [2.45, 2.75) is 18.8 Å². The number of rotatable bonds is 4. The van der Waals surface area contributed by atoms with E-state index in [2.05, 4.69) is 26.9 Å². The summed E-state index contributed by atoms with van der Waals surface area (Å²) in [6, 6.07) is 8.24. The molecule has 0 spiro atoms. The predicted molar refractivity (Wildman–Crippen MR) is 74.7 cm³/mol. The van der Waals surface area contributed by atoms with E-state index in [9.17, 15) is 5.26 Å². The fraction of sp³-hybridized carbons (Fsp3) is 0.500. The van der Waals surface area contributed by atoms with Crippen molar-refractivity contribution in [3.05, 3.63) is 28.2 Å². The molecule has 1 unspecified atom stereocenters. The Morgan fingerprint density at radius 3 is 2.78 bits per heavy atom. The Labute approximate surface area is 116 Å². The van der Waals surface area contributed by atoms with Gasteiger partial charge in [0.05, 0.1) is 19.1 Å². The van der Waals surface area contributed by atoms with Crippen molar-refractivity contribution < 1.29 is 4.74 Å². The standard InChI is InChI=1S/C14H17BrN2O/c1-18-14-5-4-12(15)8-13(14)11(9-16)10-17-6-2-3-7-17/h4-5,8,11H,2-3,6-7,10H2,1H3. The maximum Gasteiger partial charge on any atom is 0.123 e. The van der Waals surface area contributed by atoms with Gasteiger partial charge in [0.2, 0.25) is 0 Å². The molecule has 0 radical (unpaired) electrons. The molecule has 96 valence electrons. The molecule has 0 aliphatic carbocycles. The van der Waals surface area contributed by atoms with E-state index in [0.29, 0.717) is 0 Å². The minimum atomic E-state index is -0.129. The molecule has 1 fully saturated rings. The van der Waals surface area contributed by atoms with E-state index in [0.717, 1.165) is 35.4 Å². The SMILES string of the molecule is COc1ccc(Br)cc1C(C#N)CN1CCCC1. The number of halogens is 1. The van der Waals surface area contributed by atoms with Gasteiger partial charge in [-0.05, 0) is 44.1 Å². The topological polar surface area (TPSA) is 36.3 Å². The summed E-state index contributed by atoms with van der Waals surface area (Å²) in [4.78, 5) is 2.36. The Morgan fingerprint density at radius 2 is 2.17 bits per heavy atom. The lowest BCUT2D eigenvalue weighted by Crippen LogP contribution is -2.25. The molecule has 0 amide bonds. The van der Waals surface area contributed by atoms with Gasteiger partial charge in [-0.15, -0.1) is 0 Å². The molecule has 1 aliphatic heterocycles. The van der Waals surface area contributed by atoms with Crippen molar-refractivity contribution in [3.63, 3.8) is 0 Å². The van der Waals surface area contributed by atoms with Gasteiger partial charge < -0.3 is 9.64 Å². The third-order valence-electron chi connectivity index (χ3n) is 3.36. The van der Waals surface area contributed by atoms with Crippen LogP contribution in [0, 0.1) is 11.3 Å². The third-order valence-corrected chi connectivity index (χ3v) is 3.86. The van der Waals surface area contributed by atoms with Crippen LogP contribution in [0.2, 0.25) is 0 Å². The van der Waals surface area contributed by atoms with Gasteiger partial charge >= 0.3 is 0 Å². The summed E-state index contributed by atoms with van der Waals surface area (Å²) in [5, 5.41) is 9.40. The first kappa shape index (κ1) is 13.4. The molecule has 1 aromatic carbocycles. The number of nitrogens with zero attached hydrogens (tertiary/aromatic N) is 2. The van der Waals surface area contributed by atoms with Crippen LogP contribution in [0.25, 0.3) is 0 Å². The number of ether oxygens (including phenoxy) is 1. The molecule has 4 heteroatoms. The Kier molecular flexibility index (Phi) is 4.62. The Hall–Kier alpha value is -1.05. The van der Waals surface area contributed by atoms with Crippen LogP contribution in [0.1, 0.15) is 24.3 Å². The van der Waals surface area contributed by atoms with Crippen LogP contribution in [-0.2, 0) is 0 Å². The summed E-state index contributed by atoms with van der Waals surface area (Å²) in [5.74, 6) is 0.666. The van der Waals surface area contributed by atoms with E-state index in [1.807, 2.05) is 18.2 Å². The fourth-order valence-corrected chi connectivity index (χ4v) is 2.79. The molecule has 1 saturated heterocycles. The first-order valence-corrected chi connectivity index (χ1v) is 6.99. The van der Waals surface area contributed by atoms with E-state index in [4.69, 9.17) is 4.74 Å². The van der Waals surface area contributed by atoms with Crippen LogP contribution < -0.4 is 4.74 Å². The van der Waals surface area contributed by atoms with Crippen molar-refractivity contribution in [3.8, 4) is 11.8 Å². The van der Waals surface area contributed by atoms with Gasteiger partial charge in [-0.1, -0.05) is 15.9 Å². The van der Waals surface area contributed by atoms with Crippen LogP contribution in [0.5, 0.6) is 5.75 Å². The molecule has 0 aromatic heterocycles. The summed E-state index contributed by atoms with van der Waals surface area (Å²) >= 11 is 3.46.